The Morgan fingerprint density at radius 3 is 3.06 bits per heavy atom. The van der Waals surface area contributed by atoms with Gasteiger partial charge in [-0.05, 0) is 42.7 Å². The zero-order chi connectivity index (χ0) is 12.5. The summed E-state index contributed by atoms with van der Waals surface area (Å²) >= 11 is 1.46. The smallest absolute Gasteiger partial charge is 0.122 e. The summed E-state index contributed by atoms with van der Waals surface area (Å²) in [5, 5.41) is 7.43. The molecule has 1 unspecified atom stereocenters. The average molecular weight is 261 g/mol. The quantitative estimate of drug-likeness (QED) is 0.919. The highest BCUT2D eigenvalue weighted by Gasteiger charge is 2.20. The van der Waals surface area contributed by atoms with Crippen LogP contribution in [0.2, 0.25) is 0 Å². The van der Waals surface area contributed by atoms with E-state index in [1.165, 1.54) is 27.5 Å². The summed E-state index contributed by atoms with van der Waals surface area (Å²) in [6, 6.07) is 6.56. The number of nitrogens with zero attached hydrogens (tertiary/aromatic N) is 2. The predicted molar refractivity (Wildman–Crippen MR) is 71.2 cm³/mol. The van der Waals surface area contributed by atoms with E-state index in [2.05, 4.69) is 33.1 Å². The van der Waals surface area contributed by atoms with E-state index in [0.29, 0.717) is 0 Å². The molecule has 2 aromatic rings. The molecule has 0 fully saturated rings. The van der Waals surface area contributed by atoms with Gasteiger partial charge in [0.1, 0.15) is 5.75 Å². The number of aromatic nitrogens is 2. The van der Waals surface area contributed by atoms with Gasteiger partial charge in [0, 0.05) is 6.42 Å². The number of fused-ring (bicyclic) bond motifs is 1. The van der Waals surface area contributed by atoms with E-state index >= 15 is 0 Å². The van der Waals surface area contributed by atoms with Gasteiger partial charge in [0.05, 0.1) is 23.2 Å². The van der Waals surface area contributed by atoms with Crippen LogP contribution in [0.5, 0.6) is 5.75 Å². The molecule has 0 saturated carbocycles. The van der Waals surface area contributed by atoms with Crippen molar-refractivity contribution in [2.45, 2.75) is 19.4 Å². The lowest BCUT2D eigenvalue weighted by molar-refractivity contribution is 0.357. The third-order valence-corrected chi connectivity index (χ3v) is 4.18. The number of rotatable bonds is 3. The highest BCUT2D eigenvalue weighted by atomic mass is 32.1. The van der Waals surface area contributed by atoms with Crippen molar-refractivity contribution in [1.29, 1.82) is 0 Å². The van der Waals surface area contributed by atoms with Crippen LogP contribution in [0.25, 0.3) is 0 Å². The SMILES string of the molecule is CNC(c1ccc2c(c1)CCO2)c1snnc1C. The van der Waals surface area contributed by atoms with Crippen molar-refractivity contribution in [2.24, 2.45) is 0 Å². The second kappa shape index (κ2) is 4.66. The molecule has 0 amide bonds. The van der Waals surface area contributed by atoms with Gasteiger partial charge in [-0.15, -0.1) is 5.10 Å². The molecule has 0 bridgehead atoms. The molecule has 1 aromatic carbocycles. The van der Waals surface area contributed by atoms with Crippen LogP contribution in [-0.4, -0.2) is 23.2 Å². The maximum Gasteiger partial charge on any atom is 0.122 e. The highest BCUT2D eigenvalue weighted by Crippen LogP contribution is 2.32. The number of benzene rings is 1. The van der Waals surface area contributed by atoms with Crippen LogP contribution < -0.4 is 10.1 Å². The first-order valence-electron chi connectivity index (χ1n) is 6.01. The van der Waals surface area contributed by atoms with Crippen LogP contribution in [0.3, 0.4) is 0 Å². The molecule has 4 nitrogen and oxygen atoms in total. The normalized spacial score (nSPS) is 15.2. The van der Waals surface area contributed by atoms with Crippen molar-refractivity contribution in [3.63, 3.8) is 0 Å². The van der Waals surface area contributed by atoms with Gasteiger partial charge in [0.25, 0.3) is 0 Å². The van der Waals surface area contributed by atoms with E-state index in [1.807, 2.05) is 14.0 Å². The largest absolute Gasteiger partial charge is 0.493 e. The number of nitrogens with one attached hydrogen (secondary N) is 1. The second-order valence-corrected chi connectivity index (χ2v) is 5.20. The molecule has 18 heavy (non-hydrogen) atoms. The summed E-state index contributed by atoms with van der Waals surface area (Å²) < 4.78 is 9.55. The molecule has 1 N–H and O–H groups in total. The van der Waals surface area contributed by atoms with E-state index in [-0.39, 0.29) is 6.04 Å². The van der Waals surface area contributed by atoms with Crippen molar-refractivity contribution >= 4 is 11.5 Å². The molecule has 3 rings (SSSR count). The zero-order valence-electron chi connectivity index (χ0n) is 10.4. The first-order chi connectivity index (χ1) is 8.79. The van der Waals surface area contributed by atoms with Gasteiger partial charge in [-0.1, -0.05) is 16.6 Å². The first kappa shape index (κ1) is 11.6. The van der Waals surface area contributed by atoms with Crippen LogP contribution in [0.4, 0.5) is 0 Å². The second-order valence-electron chi connectivity index (χ2n) is 4.41. The van der Waals surface area contributed by atoms with Crippen LogP contribution in [-0.2, 0) is 6.42 Å². The van der Waals surface area contributed by atoms with Crippen molar-refractivity contribution in [1.82, 2.24) is 14.9 Å². The Kier molecular flexibility index (Phi) is 3.01. The minimum atomic E-state index is 0.163. The minimum Gasteiger partial charge on any atom is -0.493 e. The van der Waals surface area contributed by atoms with Crippen LogP contribution in [0.1, 0.15) is 27.7 Å². The third kappa shape index (κ3) is 1.89. The fraction of sp³-hybridized carbons (Fsp3) is 0.385. The lowest BCUT2D eigenvalue weighted by Crippen LogP contribution is -2.17. The molecular formula is C13H15N3OS. The Labute approximate surface area is 110 Å². The number of ether oxygens (including phenoxy) is 1. The zero-order valence-corrected chi connectivity index (χ0v) is 11.3. The van der Waals surface area contributed by atoms with E-state index < -0.39 is 0 Å². The maximum absolute atomic E-state index is 5.54. The lowest BCUT2D eigenvalue weighted by atomic mass is 10.0. The molecule has 0 saturated heterocycles. The Morgan fingerprint density at radius 1 is 1.44 bits per heavy atom. The van der Waals surface area contributed by atoms with Crippen molar-refractivity contribution in [3.05, 3.63) is 39.9 Å². The van der Waals surface area contributed by atoms with Crippen LogP contribution in [0, 0.1) is 6.92 Å². The summed E-state index contributed by atoms with van der Waals surface area (Å²) in [5.41, 5.74) is 3.54. The van der Waals surface area contributed by atoms with Gasteiger partial charge in [0.15, 0.2) is 0 Å². The summed E-state index contributed by atoms with van der Waals surface area (Å²) in [6.45, 7) is 2.80. The summed E-state index contributed by atoms with van der Waals surface area (Å²) in [5.74, 6) is 1.02. The van der Waals surface area contributed by atoms with E-state index in [1.54, 1.807) is 0 Å². The summed E-state index contributed by atoms with van der Waals surface area (Å²) in [7, 11) is 1.97. The van der Waals surface area contributed by atoms with E-state index in [9.17, 15) is 0 Å². The molecule has 0 aliphatic carbocycles. The standard InChI is InChI=1S/C13H15N3OS/c1-8-13(18-16-15-8)12(14-2)10-3-4-11-9(7-10)5-6-17-11/h3-4,7,12,14H,5-6H2,1-2H3. The Bertz CT molecular complexity index is 567. The minimum absolute atomic E-state index is 0.163. The summed E-state index contributed by atoms with van der Waals surface area (Å²) in [6.07, 6.45) is 1.000. The Balaban J connectivity index is 2.00. The molecule has 1 atom stereocenters. The highest BCUT2D eigenvalue weighted by molar-refractivity contribution is 7.05. The predicted octanol–water partition coefficient (Wildman–Crippen LogP) is 2.09. The molecular weight excluding hydrogens is 246 g/mol. The van der Waals surface area contributed by atoms with Gasteiger partial charge < -0.3 is 10.1 Å². The summed E-state index contributed by atoms with van der Waals surface area (Å²) in [4.78, 5) is 1.18. The van der Waals surface area contributed by atoms with E-state index in [4.69, 9.17) is 4.74 Å². The molecule has 1 aliphatic rings. The van der Waals surface area contributed by atoms with Gasteiger partial charge >= 0.3 is 0 Å². The fourth-order valence-electron chi connectivity index (χ4n) is 2.34. The topological polar surface area (TPSA) is 47.0 Å². The Hall–Kier alpha value is -1.46. The Morgan fingerprint density at radius 2 is 2.33 bits per heavy atom. The number of hydrogen-bond donors (Lipinski definition) is 1. The fourth-order valence-corrected chi connectivity index (χ4v) is 3.12. The number of aryl methyl sites for hydroxylation is 1. The first-order valence-corrected chi connectivity index (χ1v) is 6.78. The van der Waals surface area contributed by atoms with Gasteiger partial charge in [-0.2, -0.15) is 0 Å². The van der Waals surface area contributed by atoms with Gasteiger partial charge in [-0.25, -0.2) is 0 Å². The molecule has 94 valence electrons. The van der Waals surface area contributed by atoms with Crippen LogP contribution in [0.15, 0.2) is 18.2 Å². The van der Waals surface area contributed by atoms with Gasteiger partial charge in [0.2, 0.25) is 0 Å². The molecule has 1 aliphatic heterocycles. The lowest BCUT2D eigenvalue weighted by Gasteiger charge is -2.16. The van der Waals surface area contributed by atoms with E-state index in [0.717, 1.165) is 24.5 Å². The molecule has 0 spiro atoms. The molecule has 2 heterocycles. The van der Waals surface area contributed by atoms with Crippen molar-refractivity contribution in [2.75, 3.05) is 13.7 Å². The molecule has 1 aromatic heterocycles. The molecule has 0 radical (unpaired) electrons. The third-order valence-electron chi connectivity index (χ3n) is 3.28. The van der Waals surface area contributed by atoms with Crippen LogP contribution >= 0.6 is 11.5 Å². The maximum atomic E-state index is 5.54. The number of hydrogen-bond acceptors (Lipinski definition) is 5. The average Bonchev–Trinajstić information content (AvgIpc) is 2.99. The van der Waals surface area contributed by atoms with Gasteiger partial charge in [-0.3, -0.25) is 0 Å². The van der Waals surface area contributed by atoms with Crippen molar-refractivity contribution in [3.8, 4) is 5.75 Å². The van der Waals surface area contributed by atoms with Crippen molar-refractivity contribution < 1.29 is 4.74 Å². The molecule has 5 heteroatoms. The monoisotopic (exact) mass is 261 g/mol.